The number of phenolic OH excluding ortho intramolecular Hbond substituents is 1. The number of nitrogens with zero attached hydrogens (tertiary/aromatic N) is 2. The van der Waals surface area contributed by atoms with Crippen LogP contribution in [0.3, 0.4) is 0 Å². The van der Waals surface area contributed by atoms with Crippen LogP contribution in [0.2, 0.25) is 0 Å². The van der Waals surface area contributed by atoms with Gasteiger partial charge in [-0.25, -0.2) is 0 Å². The summed E-state index contributed by atoms with van der Waals surface area (Å²) in [6.07, 6.45) is -1.63. The number of aromatic hydroxyl groups is 1. The summed E-state index contributed by atoms with van der Waals surface area (Å²) in [5, 5.41) is 26.3. The summed E-state index contributed by atoms with van der Waals surface area (Å²) in [6.45, 7) is 5.03. The van der Waals surface area contributed by atoms with Gasteiger partial charge < -0.3 is 19.3 Å². The lowest BCUT2D eigenvalue weighted by molar-refractivity contribution is -0.278. The largest absolute Gasteiger partial charge is 0.508 e. The summed E-state index contributed by atoms with van der Waals surface area (Å²) in [5.74, 6) is 0.342. The Bertz CT molecular complexity index is 1580. The summed E-state index contributed by atoms with van der Waals surface area (Å²) in [6, 6.07) is 10.7. The molecule has 2 heterocycles. The van der Waals surface area contributed by atoms with Gasteiger partial charge in [0.05, 0.1) is 17.3 Å². The van der Waals surface area contributed by atoms with E-state index in [1.165, 1.54) is 35.0 Å². The molecule has 5 rings (SSSR count). The molecule has 6 nitrogen and oxygen atoms in total. The Labute approximate surface area is 210 Å². The zero-order valence-electron chi connectivity index (χ0n) is 20.4. The van der Waals surface area contributed by atoms with E-state index in [0.717, 1.165) is 0 Å². The van der Waals surface area contributed by atoms with E-state index in [9.17, 15) is 28.2 Å². The van der Waals surface area contributed by atoms with Crippen LogP contribution in [0.5, 0.6) is 5.75 Å². The molecule has 37 heavy (non-hydrogen) atoms. The van der Waals surface area contributed by atoms with E-state index in [1.807, 2.05) is 0 Å². The van der Waals surface area contributed by atoms with Crippen LogP contribution < -0.4 is 5.43 Å². The number of allylic oxidation sites excluding steroid dienone is 1. The smallest absolute Gasteiger partial charge is 0.419 e. The predicted octanol–water partition coefficient (Wildman–Crippen LogP) is 5.73. The Balaban J connectivity index is 1.69. The molecule has 1 aliphatic carbocycles. The molecule has 192 valence electrons. The first-order valence-corrected chi connectivity index (χ1v) is 11.7. The third-order valence-corrected chi connectivity index (χ3v) is 7.33. The van der Waals surface area contributed by atoms with Crippen LogP contribution >= 0.6 is 0 Å². The normalized spacial score (nSPS) is 24.0. The number of hydrogen-bond acceptors (Lipinski definition) is 5. The minimum Gasteiger partial charge on any atom is -0.508 e. The van der Waals surface area contributed by atoms with Gasteiger partial charge >= 0.3 is 6.18 Å². The first-order valence-electron chi connectivity index (χ1n) is 11.7. The van der Waals surface area contributed by atoms with Gasteiger partial charge in [0.2, 0.25) is 0 Å². The maximum atomic E-state index is 14.7. The second kappa shape index (κ2) is 8.34. The number of benzene rings is 2. The summed E-state index contributed by atoms with van der Waals surface area (Å²) in [7, 11) is 0. The molecule has 2 aromatic heterocycles. The molecule has 9 heteroatoms. The minimum atomic E-state index is -5.02. The zero-order chi connectivity index (χ0) is 26.8. The fourth-order valence-corrected chi connectivity index (χ4v) is 5.47. The molecule has 2 aromatic carbocycles. The Morgan fingerprint density at radius 2 is 1.86 bits per heavy atom. The summed E-state index contributed by atoms with van der Waals surface area (Å²) in [4.78, 5) is 12.3. The molecule has 0 amide bonds. The fraction of sp³-hybridized carbons (Fsp3) is 0.286. The summed E-state index contributed by atoms with van der Waals surface area (Å²) in [5.41, 5.74) is -2.49. The van der Waals surface area contributed by atoms with Crippen molar-refractivity contribution in [1.29, 1.82) is 0 Å². The van der Waals surface area contributed by atoms with Gasteiger partial charge in [-0.2, -0.15) is 13.2 Å². The highest BCUT2D eigenvalue weighted by molar-refractivity contribution is 5.79. The molecule has 4 aromatic rings. The maximum Gasteiger partial charge on any atom is 0.419 e. The van der Waals surface area contributed by atoms with Gasteiger partial charge in [-0.3, -0.25) is 4.79 Å². The Hall–Kier alpha value is -3.85. The van der Waals surface area contributed by atoms with E-state index >= 15 is 0 Å². The van der Waals surface area contributed by atoms with Crippen LogP contribution in [0.1, 0.15) is 36.4 Å². The average molecular weight is 511 g/mol. The van der Waals surface area contributed by atoms with Gasteiger partial charge in [-0.05, 0) is 43.7 Å². The summed E-state index contributed by atoms with van der Waals surface area (Å²) >= 11 is 0. The molecule has 3 unspecified atom stereocenters. The molecule has 0 fully saturated rings. The first-order chi connectivity index (χ1) is 17.4. The van der Waals surface area contributed by atoms with Crippen LogP contribution in [0.15, 0.2) is 76.2 Å². The van der Waals surface area contributed by atoms with Crippen LogP contribution in [-0.2, 0) is 5.41 Å². The van der Waals surface area contributed by atoms with Gasteiger partial charge in [-0.15, -0.1) is 0 Å². The Kier molecular flexibility index (Phi) is 5.60. The minimum absolute atomic E-state index is 0.195. The van der Waals surface area contributed by atoms with Crippen molar-refractivity contribution in [2.45, 2.75) is 50.4 Å². The third-order valence-electron chi connectivity index (χ3n) is 7.33. The highest BCUT2D eigenvalue weighted by Crippen LogP contribution is 2.53. The number of halogens is 3. The van der Waals surface area contributed by atoms with E-state index < -0.39 is 29.7 Å². The van der Waals surface area contributed by atoms with Crippen LogP contribution in [0, 0.1) is 13.8 Å². The summed E-state index contributed by atoms with van der Waals surface area (Å²) < 4.78 is 50.5. The molecule has 0 radical (unpaired) electrons. The topological polar surface area (TPSA) is 88.5 Å². The van der Waals surface area contributed by atoms with Gasteiger partial charge in [0.15, 0.2) is 11.0 Å². The number of pyridine rings is 1. The molecule has 0 bridgehead atoms. The van der Waals surface area contributed by atoms with Crippen molar-refractivity contribution in [2.24, 2.45) is 0 Å². The molecular formula is C28H25F3N2O4. The Morgan fingerprint density at radius 3 is 2.54 bits per heavy atom. The number of para-hydroxylation sites is 1. The lowest BCUT2D eigenvalue weighted by Gasteiger charge is -2.46. The molecular weight excluding hydrogens is 485 g/mol. The number of fused-ring (bicyclic) bond motifs is 1. The van der Waals surface area contributed by atoms with Crippen molar-refractivity contribution < 1.29 is 27.9 Å². The van der Waals surface area contributed by atoms with Crippen molar-refractivity contribution in [2.75, 3.05) is 0 Å². The van der Waals surface area contributed by atoms with Crippen LogP contribution in [-0.4, -0.2) is 31.7 Å². The molecule has 2 N–H and O–H groups in total. The molecule has 3 atom stereocenters. The van der Waals surface area contributed by atoms with Crippen molar-refractivity contribution in [3.05, 3.63) is 94.1 Å². The standard InChI is InChI=1S/C28H25F3N2O4/c1-16-25(17(2)37-32-16)18-8-9-23(35)20(14-18)26(3)12-10-24(27(36,15-26)28(29,30)31)33-13-11-22(34)19-6-4-5-7-21(19)33/h4-14,24,35-36H,15H2,1-3H3. The first kappa shape index (κ1) is 24.8. The second-order valence-electron chi connectivity index (χ2n) is 9.86. The maximum absolute atomic E-state index is 14.7. The lowest BCUT2D eigenvalue weighted by Crippen LogP contribution is -2.56. The van der Waals surface area contributed by atoms with Crippen molar-refractivity contribution in [1.82, 2.24) is 9.72 Å². The lowest BCUT2D eigenvalue weighted by atomic mass is 9.66. The molecule has 0 saturated carbocycles. The fourth-order valence-electron chi connectivity index (χ4n) is 5.47. The average Bonchev–Trinajstić information content (AvgIpc) is 3.17. The van der Waals surface area contributed by atoms with E-state index in [-0.39, 0.29) is 27.6 Å². The number of aliphatic hydroxyl groups is 1. The quantitative estimate of drug-likeness (QED) is 0.344. The highest BCUT2D eigenvalue weighted by Gasteiger charge is 2.62. The van der Waals surface area contributed by atoms with E-state index in [4.69, 9.17) is 4.52 Å². The number of aryl methyl sites for hydroxylation is 2. The number of alkyl halides is 3. The van der Waals surface area contributed by atoms with Gasteiger partial charge in [0, 0.05) is 40.6 Å². The van der Waals surface area contributed by atoms with Gasteiger partial charge in [-0.1, -0.05) is 42.4 Å². The Morgan fingerprint density at radius 1 is 1.14 bits per heavy atom. The van der Waals surface area contributed by atoms with Crippen molar-refractivity contribution >= 4 is 10.9 Å². The van der Waals surface area contributed by atoms with E-state index in [1.54, 1.807) is 57.2 Å². The zero-order valence-corrected chi connectivity index (χ0v) is 20.4. The number of rotatable bonds is 3. The van der Waals surface area contributed by atoms with Crippen molar-refractivity contribution in [3.8, 4) is 16.9 Å². The second-order valence-corrected chi connectivity index (χ2v) is 9.86. The highest BCUT2D eigenvalue weighted by atomic mass is 19.4. The monoisotopic (exact) mass is 510 g/mol. The van der Waals surface area contributed by atoms with Crippen molar-refractivity contribution in [3.63, 3.8) is 0 Å². The molecule has 0 saturated heterocycles. The van der Waals surface area contributed by atoms with Gasteiger partial charge in [0.25, 0.3) is 0 Å². The van der Waals surface area contributed by atoms with Crippen LogP contribution in [0.25, 0.3) is 22.0 Å². The van der Waals surface area contributed by atoms with Crippen LogP contribution in [0.4, 0.5) is 13.2 Å². The van der Waals surface area contributed by atoms with E-state index in [2.05, 4.69) is 5.16 Å². The SMILES string of the molecule is Cc1noc(C)c1-c1ccc(O)c(C2(C)C=CC(n3ccc(=O)c4ccccc43)C(O)(C(F)(F)F)C2)c1. The molecule has 1 aliphatic rings. The number of phenols is 1. The third kappa shape index (κ3) is 3.85. The molecule has 0 aliphatic heterocycles. The van der Waals surface area contributed by atoms with E-state index in [0.29, 0.717) is 22.6 Å². The molecule has 0 spiro atoms. The predicted molar refractivity (Wildman–Crippen MR) is 132 cm³/mol. The number of aromatic nitrogens is 2. The number of hydrogen-bond donors (Lipinski definition) is 2. The van der Waals surface area contributed by atoms with Gasteiger partial charge in [0.1, 0.15) is 11.5 Å².